The van der Waals surface area contributed by atoms with Gasteiger partial charge >= 0.3 is 0 Å². The zero-order chi connectivity index (χ0) is 8.69. The van der Waals surface area contributed by atoms with Crippen LogP contribution in [-0.4, -0.2) is 18.8 Å². The molecule has 0 aliphatic carbocycles. The minimum Gasteiger partial charge on any atom is -0.377 e. The van der Waals surface area contributed by atoms with E-state index in [1.807, 2.05) is 19.9 Å². The van der Waals surface area contributed by atoms with Gasteiger partial charge in [0, 0.05) is 12.6 Å². The Morgan fingerprint density at radius 1 is 1.64 bits per heavy atom. The Bertz CT molecular complexity index is 104. The average molecular weight is 157 g/mol. The molecule has 2 atom stereocenters. The largest absolute Gasteiger partial charge is 0.377 e. The molecule has 0 saturated carbocycles. The fourth-order valence-electron chi connectivity index (χ4n) is 0.931. The van der Waals surface area contributed by atoms with E-state index < -0.39 is 0 Å². The van der Waals surface area contributed by atoms with Crippen LogP contribution in [0.4, 0.5) is 0 Å². The van der Waals surface area contributed by atoms with E-state index >= 15 is 0 Å². The SMILES string of the molecule is C=CCCC(N)C(C)OCC. The lowest BCUT2D eigenvalue weighted by Crippen LogP contribution is -2.34. The molecule has 0 saturated heterocycles. The van der Waals surface area contributed by atoms with Crippen LogP contribution in [0.2, 0.25) is 0 Å². The van der Waals surface area contributed by atoms with Crippen molar-refractivity contribution < 1.29 is 4.74 Å². The molecule has 0 heterocycles. The number of allylic oxidation sites excluding steroid dienone is 1. The molecular weight excluding hydrogens is 138 g/mol. The highest BCUT2D eigenvalue weighted by Gasteiger charge is 2.10. The highest BCUT2D eigenvalue weighted by Crippen LogP contribution is 2.03. The molecule has 2 unspecified atom stereocenters. The summed E-state index contributed by atoms with van der Waals surface area (Å²) < 4.78 is 5.34. The van der Waals surface area contributed by atoms with Crippen molar-refractivity contribution in [1.82, 2.24) is 0 Å². The van der Waals surface area contributed by atoms with Crippen molar-refractivity contribution in [3.8, 4) is 0 Å². The van der Waals surface area contributed by atoms with Gasteiger partial charge in [-0.2, -0.15) is 0 Å². The maximum atomic E-state index is 5.82. The summed E-state index contributed by atoms with van der Waals surface area (Å²) in [6.07, 6.45) is 3.99. The molecule has 0 rings (SSSR count). The molecule has 2 heteroatoms. The van der Waals surface area contributed by atoms with Gasteiger partial charge in [0.2, 0.25) is 0 Å². The maximum Gasteiger partial charge on any atom is 0.0697 e. The van der Waals surface area contributed by atoms with E-state index in [1.165, 1.54) is 0 Å². The Kier molecular flexibility index (Phi) is 6.18. The van der Waals surface area contributed by atoms with Crippen LogP contribution in [0.1, 0.15) is 26.7 Å². The van der Waals surface area contributed by atoms with Gasteiger partial charge in [-0.15, -0.1) is 6.58 Å². The van der Waals surface area contributed by atoms with Gasteiger partial charge in [-0.25, -0.2) is 0 Å². The molecule has 0 spiro atoms. The van der Waals surface area contributed by atoms with Crippen molar-refractivity contribution in [2.24, 2.45) is 5.73 Å². The third-order valence-electron chi connectivity index (χ3n) is 1.74. The first-order valence-electron chi connectivity index (χ1n) is 4.20. The van der Waals surface area contributed by atoms with Crippen LogP contribution >= 0.6 is 0 Å². The van der Waals surface area contributed by atoms with Gasteiger partial charge in [0.1, 0.15) is 0 Å². The smallest absolute Gasteiger partial charge is 0.0697 e. The van der Waals surface area contributed by atoms with Crippen LogP contribution in [0, 0.1) is 0 Å². The highest BCUT2D eigenvalue weighted by atomic mass is 16.5. The molecule has 0 fully saturated rings. The van der Waals surface area contributed by atoms with E-state index in [9.17, 15) is 0 Å². The zero-order valence-corrected chi connectivity index (χ0v) is 7.55. The number of hydrogen-bond acceptors (Lipinski definition) is 2. The predicted octanol–water partition coefficient (Wildman–Crippen LogP) is 1.70. The van der Waals surface area contributed by atoms with E-state index in [0.717, 1.165) is 19.4 Å². The van der Waals surface area contributed by atoms with E-state index in [4.69, 9.17) is 10.5 Å². The fraction of sp³-hybridized carbons (Fsp3) is 0.778. The van der Waals surface area contributed by atoms with Crippen molar-refractivity contribution in [2.45, 2.75) is 38.8 Å². The Labute approximate surface area is 69.4 Å². The quantitative estimate of drug-likeness (QED) is 0.596. The molecule has 0 aromatic heterocycles. The molecule has 0 aliphatic heterocycles. The molecule has 66 valence electrons. The van der Waals surface area contributed by atoms with Gasteiger partial charge < -0.3 is 10.5 Å². The number of ether oxygens (including phenoxy) is 1. The van der Waals surface area contributed by atoms with Gasteiger partial charge in [0.05, 0.1) is 6.10 Å². The van der Waals surface area contributed by atoms with Crippen LogP contribution in [-0.2, 0) is 4.74 Å². The lowest BCUT2D eigenvalue weighted by atomic mass is 10.1. The van der Waals surface area contributed by atoms with E-state index in [2.05, 4.69) is 6.58 Å². The molecule has 0 aromatic rings. The van der Waals surface area contributed by atoms with Crippen LogP contribution in [0.15, 0.2) is 12.7 Å². The van der Waals surface area contributed by atoms with Crippen LogP contribution < -0.4 is 5.73 Å². The summed E-state index contributed by atoms with van der Waals surface area (Å²) in [5.74, 6) is 0. The molecule has 2 nitrogen and oxygen atoms in total. The fourth-order valence-corrected chi connectivity index (χ4v) is 0.931. The molecule has 11 heavy (non-hydrogen) atoms. The summed E-state index contributed by atoms with van der Waals surface area (Å²) in [6.45, 7) is 8.37. The van der Waals surface area contributed by atoms with Crippen molar-refractivity contribution in [3.63, 3.8) is 0 Å². The van der Waals surface area contributed by atoms with Crippen molar-refractivity contribution >= 4 is 0 Å². The molecule has 0 aromatic carbocycles. The first-order chi connectivity index (χ1) is 5.22. The van der Waals surface area contributed by atoms with Gasteiger partial charge in [0.15, 0.2) is 0 Å². The monoisotopic (exact) mass is 157 g/mol. The van der Waals surface area contributed by atoms with Gasteiger partial charge in [-0.3, -0.25) is 0 Å². The highest BCUT2D eigenvalue weighted by molar-refractivity contribution is 4.75. The van der Waals surface area contributed by atoms with Gasteiger partial charge in [-0.1, -0.05) is 6.08 Å². The van der Waals surface area contributed by atoms with E-state index in [0.29, 0.717) is 0 Å². The molecule has 2 N–H and O–H groups in total. The number of hydrogen-bond donors (Lipinski definition) is 1. The molecule has 0 bridgehead atoms. The molecule has 0 radical (unpaired) electrons. The summed E-state index contributed by atoms with van der Waals surface area (Å²) >= 11 is 0. The van der Waals surface area contributed by atoms with E-state index in [1.54, 1.807) is 0 Å². The summed E-state index contributed by atoms with van der Waals surface area (Å²) in [4.78, 5) is 0. The first-order valence-corrected chi connectivity index (χ1v) is 4.20. The van der Waals surface area contributed by atoms with Crippen molar-refractivity contribution in [1.29, 1.82) is 0 Å². The molecule has 0 aliphatic rings. The van der Waals surface area contributed by atoms with Crippen molar-refractivity contribution in [3.05, 3.63) is 12.7 Å². The summed E-state index contributed by atoms with van der Waals surface area (Å²) in [5.41, 5.74) is 5.82. The maximum absolute atomic E-state index is 5.82. The van der Waals surface area contributed by atoms with Crippen LogP contribution in [0.3, 0.4) is 0 Å². The lowest BCUT2D eigenvalue weighted by Gasteiger charge is -2.18. The number of nitrogens with two attached hydrogens (primary N) is 1. The Morgan fingerprint density at radius 3 is 2.73 bits per heavy atom. The second-order valence-electron chi connectivity index (χ2n) is 2.69. The minimum absolute atomic E-state index is 0.146. The van der Waals surface area contributed by atoms with E-state index in [-0.39, 0.29) is 12.1 Å². The normalized spacial score (nSPS) is 15.9. The second kappa shape index (κ2) is 6.38. The zero-order valence-electron chi connectivity index (χ0n) is 7.55. The van der Waals surface area contributed by atoms with Gasteiger partial charge in [0.25, 0.3) is 0 Å². The average Bonchev–Trinajstić information content (AvgIpc) is 2.00. The Morgan fingerprint density at radius 2 is 2.27 bits per heavy atom. The summed E-state index contributed by atoms with van der Waals surface area (Å²) in [7, 11) is 0. The first kappa shape index (κ1) is 10.7. The molecular formula is C9H19NO. The summed E-state index contributed by atoms with van der Waals surface area (Å²) in [5, 5.41) is 0. The van der Waals surface area contributed by atoms with Crippen LogP contribution in [0.5, 0.6) is 0 Å². The number of rotatable bonds is 6. The van der Waals surface area contributed by atoms with Crippen LogP contribution in [0.25, 0.3) is 0 Å². The minimum atomic E-state index is 0.146. The third kappa shape index (κ3) is 4.99. The van der Waals surface area contributed by atoms with Crippen molar-refractivity contribution in [2.75, 3.05) is 6.61 Å². The summed E-state index contributed by atoms with van der Waals surface area (Å²) in [6, 6.07) is 0.146. The third-order valence-corrected chi connectivity index (χ3v) is 1.74. The second-order valence-corrected chi connectivity index (χ2v) is 2.69. The molecule has 0 amide bonds. The lowest BCUT2D eigenvalue weighted by molar-refractivity contribution is 0.0558. The standard InChI is InChI=1S/C9H19NO/c1-4-6-7-9(10)8(3)11-5-2/h4,8-9H,1,5-7,10H2,2-3H3. The Balaban J connectivity index is 3.45. The van der Waals surface area contributed by atoms with Gasteiger partial charge in [-0.05, 0) is 26.7 Å². The topological polar surface area (TPSA) is 35.2 Å². The Hall–Kier alpha value is -0.340. The predicted molar refractivity (Wildman–Crippen MR) is 48.5 cm³/mol.